The maximum atomic E-state index is 5.61. The van der Waals surface area contributed by atoms with Crippen molar-refractivity contribution in [1.29, 1.82) is 0 Å². The van der Waals surface area contributed by atoms with Crippen molar-refractivity contribution in [3.63, 3.8) is 0 Å². The van der Waals surface area contributed by atoms with Crippen LogP contribution in [0.2, 0.25) is 0 Å². The van der Waals surface area contributed by atoms with Crippen LogP contribution in [0.1, 0.15) is 20.3 Å². The summed E-state index contributed by atoms with van der Waals surface area (Å²) in [4.78, 5) is 4.85. The first-order valence-electron chi connectivity index (χ1n) is 6.78. The highest BCUT2D eigenvalue weighted by atomic mass is 16.5. The van der Waals surface area contributed by atoms with Gasteiger partial charge >= 0.3 is 0 Å². The van der Waals surface area contributed by atoms with Gasteiger partial charge < -0.3 is 14.4 Å². The Morgan fingerprint density at radius 1 is 1.00 bits per heavy atom. The second kappa shape index (κ2) is 8.86. The number of rotatable bonds is 8. The van der Waals surface area contributed by atoms with E-state index in [2.05, 4.69) is 30.7 Å². The van der Waals surface area contributed by atoms with Gasteiger partial charge in [0.1, 0.15) is 0 Å². The van der Waals surface area contributed by atoms with Crippen LogP contribution in [-0.4, -0.2) is 75.5 Å². The zero-order valence-corrected chi connectivity index (χ0v) is 11.7. The van der Waals surface area contributed by atoms with Crippen molar-refractivity contribution in [2.24, 2.45) is 0 Å². The molecule has 1 aliphatic heterocycles. The summed E-state index contributed by atoms with van der Waals surface area (Å²) in [6.45, 7) is 12.4. The fourth-order valence-corrected chi connectivity index (χ4v) is 1.85. The molecule has 0 aromatic rings. The minimum atomic E-state index is 0.334. The van der Waals surface area contributed by atoms with E-state index in [1.165, 1.54) is 26.2 Å². The van der Waals surface area contributed by atoms with Gasteiger partial charge in [0.25, 0.3) is 0 Å². The van der Waals surface area contributed by atoms with E-state index < -0.39 is 0 Å². The molecule has 1 rings (SSSR count). The first-order valence-corrected chi connectivity index (χ1v) is 6.78. The highest BCUT2D eigenvalue weighted by molar-refractivity contribution is 4.68. The lowest BCUT2D eigenvalue weighted by Gasteiger charge is -2.32. The van der Waals surface area contributed by atoms with Gasteiger partial charge in [0.05, 0.1) is 12.7 Å². The molecular formula is C13H28N2O2. The molecule has 0 unspecified atom stereocenters. The molecule has 0 aliphatic carbocycles. The van der Waals surface area contributed by atoms with E-state index in [1.54, 1.807) is 0 Å². The molecule has 0 aromatic carbocycles. The number of hydrogen-bond donors (Lipinski definition) is 0. The molecule has 1 heterocycles. The van der Waals surface area contributed by atoms with E-state index in [4.69, 9.17) is 9.47 Å². The van der Waals surface area contributed by atoms with Gasteiger partial charge in [-0.15, -0.1) is 0 Å². The average Bonchev–Trinajstić information content (AvgIpc) is 2.30. The Morgan fingerprint density at radius 2 is 1.71 bits per heavy atom. The fraction of sp³-hybridized carbons (Fsp3) is 1.00. The monoisotopic (exact) mass is 244 g/mol. The Hall–Kier alpha value is -0.160. The second-order valence-corrected chi connectivity index (χ2v) is 5.03. The van der Waals surface area contributed by atoms with Gasteiger partial charge in [0.2, 0.25) is 0 Å². The average molecular weight is 244 g/mol. The number of likely N-dealkylation sites (N-methyl/N-ethyl adjacent to an activating group) is 1. The van der Waals surface area contributed by atoms with Crippen LogP contribution in [0.4, 0.5) is 0 Å². The molecular weight excluding hydrogens is 216 g/mol. The molecule has 0 saturated carbocycles. The van der Waals surface area contributed by atoms with Crippen LogP contribution in [0.15, 0.2) is 0 Å². The van der Waals surface area contributed by atoms with Crippen molar-refractivity contribution in [1.82, 2.24) is 9.80 Å². The van der Waals surface area contributed by atoms with Gasteiger partial charge in [0.15, 0.2) is 0 Å². The van der Waals surface area contributed by atoms with Crippen molar-refractivity contribution >= 4 is 0 Å². The third-order valence-corrected chi connectivity index (χ3v) is 3.03. The molecule has 0 atom stereocenters. The topological polar surface area (TPSA) is 24.9 Å². The lowest BCUT2D eigenvalue weighted by Crippen LogP contribution is -2.45. The number of nitrogens with zero attached hydrogens (tertiary/aromatic N) is 2. The predicted octanol–water partition coefficient (Wildman–Crippen LogP) is 1.07. The molecule has 0 N–H and O–H groups in total. The number of hydrogen-bond acceptors (Lipinski definition) is 4. The molecule has 0 radical (unpaired) electrons. The summed E-state index contributed by atoms with van der Waals surface area (Å²) in [5.74, 6) is 0. The van der Waals surface area contributed by atoms with E-state index in [0.717, 1.165) is 32.8 Å². The van der Waals surface area contributed by atoms with E-state index in [9.17, 15) is 0 Å². The normalized spacial score (nSPS) is 19.1. The van der Waals surface area contributed by atoms with Gasteiger partial charge in [-0.1, -0.05) is 0 Å². The van der Waals surface area contributed by atoms with Gasteiger partial charge in [-0.2, -0.15) is 0 Å². The molecule has 1 fully saturated rings. The Morgan fingerprint density at radius 3 is 2.35 bits per heavy atom. The molecule has 1 aliphatic rings. The molecule has 4 nitrogen and oxygen atoms in total. The largest absolute Gasteiger partial charge is 0.380 e. The van der Waals surface area contributed by atoms with Crippen molar-refractivity contribution in [2.45, 2.75) is 26.4 Å². The van der Waals surface area contributed by atoms with Crippen LogP contribution in [0, 0.1) is 0 Å². The standard InChI is InChI=1S/C13H28N2O2/c1-13(2)17-11-4-10-16-12-9-15-7-5-14(3)6-8-15/h13H,4-12H2,1-3H3. The maximum absolute atomic E-state index is 5.61. The zero-order chi connectivity index (χ0) is 12.5. The van der Waals surface area contributed by atoms with Crippen molar-refractivity contribution in [2.75, 3.05) is 59.6 Å². The molecule has 0 spiro atoms. The van der Waals surface area contributed by atoms with Crippen LogP contribution >= 0.6 is 0 Å². The quantitative estimate of drug-likeness (QED) is 0.596. The Bertz CT molecular complexity index is 180. The molecule has 4 heteroatoms. The SMILES string of the molecule is CC(C)OCCCOCCN1CCN(C)CC1. The molecule has 0 aromatic heterocycles. The number of ether oxygens (including phenoxy) is 2. The molecule has 0 amide bonds. The third-order valence-electron chi connectivity index (χ3n) is 3.03. The van der Waals surface area contributed by atoms with Crippen LogP contribution < -0.4 is 0 Å². The van der Waals surface area contributed by atoms with Gasteiger partial charge in [-0.3, -0.25) is 4.90 Å². The highest BCUT2D eigenvalue weighted by Gasteiger charge is 2.12. The van der Waals surface area contributed by atoms with E-state index in [1.807, 2.05) is 0 Å². The smallest absolute Gasteiger partial charge is 0.0593 e. The van der Waals surface area contributed by atoms with Gasteiger partial charge in [-0.05, 0) is 27.3 Å². The number of piperazine rings is 1. The van der Waals surface area contributed by atoms with Crippen LogP contribution in [0.3, 0.4) is 0 Å². The Labute approximate surface area is 106 Å². The summed E-state index contributed by atoms with van der Waals surface area (Å²) in [5, 5.41) is 0. The molecule has 102 valence electrons. The lowest BCUT2D eigenvalue weighted by atomic mass is 10.3. The minimum absolute atomic E-state index is 0.334. The summed E-state index contributed by atoms with van der Waals surface area (Å²) < 4.78 is 11.1. The summed E-state index contributed by atoms with van der Waals surface area (Å²) in [7, 11) is 2.18. The molecule has 0 bridgehead atoms. The Kier molecular flexibility index (Phi) is 7.77. The molecule has 1 saturated heterocycles. The summed E-state index contributed by atoms with van der Waals surface area (Å²) in [6, 6.07) is 0. The highest BCUT2D eigenvalue weighted by Crippen LogP contribution is 1.98. The van der Waals surface area contributed by atoms with Crippen molar-refractivity contribution in [3.8, 4) is 0 Å². The second-order valence-electron chi connectivity index (χ2n) is 5.03. The first-order chi connectivity index (χ1) is 8.18. The van der Waals surface area contributed by atoms with Gasteiger partial charge in [-0.25, -0.2) is 0 Å². The third kappa shape index (κ3) is 7.71. The lowest BCUT2D eigenvalue weighted by molar-refractivity contribution is 0.0422. The van der Waals surface area contributed by atoms with E-state index in [0.29, 0.717) is 6.10 Å². The first kappa shape index (κ1) is 14.9. The Balaban J connectivity index is 1.84. The summed E-state index contributed by atoms with van der Waals surface area (Å²) in [5.41, 5.74) is 0. The van der Waals surface area contributed by atoms with Crippen molar-refractivity contribution in [3.05, 3.63) is 0 Å². The van der Waals surface area contributed by atoms with E-state index in [-0.39, 0.29) is 0 Å². The van der Waals surface area contributed by atoms with Crippen LogP contribution in [0.25, 0.3) is 0 Å². The zero-order valence-electron chi connectivity index (χ0n) is 11.7. The summed E-state index contributed by atoms with van der Waals surface area (Å²) >= 11 is 0. The van der Waals surface area contributed by atoms with Crippen LogP contribution in [0.5, 0.6) is 0 Å². The van der Waals surface area contributed by atoms with E-state index >= 15 is 0 Å². The molecule has 17 heavy (non-hydrogen) atoms. The maximum Gasteiger partial charge on any atom is 0.0593 e. The van der Waals surface area contributed by atoms with Crippen molar-refractivity contribution < 1.29 is 9.47 Å². The summed E-state index contributed by atoms with van der Waals surface area (Å²) in [6.07, 6.45) is 1.33. The minimum Gasteiger partial charge on any atom is -0.380 e. The van der Waals surface area contributed by atoms with Crippen LogP contribution in [-0.2, 0) is 9.47 Å². The fourth-order valence-electron chi connectivity index (χ4n) is 1.85. The predicted molar refractivity (Wildman–Crippen MR) is 70.5 cm³/mol. The van der Waals surface area contributed by atoms with Gasteiger partial charge in [0, 0.05) is 45.9 Å².